The lowest BCUT2D eigenvalue weighted by Crippen LogP contribution is -2.51. The quantitative estimate of drug-likeness (QED) is 0.269. The zero-order valence-electron chi connectivity index (χ0n) is 22.2. The summed E-state index contributed by atoms with van der Waals surface area (Å²) in [7, 11) is -4.10. The molecule has 0 spiro atoms. The third-order valence-corrected chi connectivity index (χ3v) is 8.66. The number of nitrogens with zero attached hydrogens (tertiary/aromatic N) is 2. The Bertz CT molecular complexity index is 1380. The predicted molar refractivity (Wildman–Crippen MR) is 157 cm³/mol. The summed E-state index contributed by atoms with van der Waals surface area (Å²) in [5.74, 6) is -0.895. The second kappa shape index (κ2) is 13.8. The molecule has 0 aromatic heterocycles. The van der Waals surface area contributed by atoms with Crippen molar-refractivity contribution in [3.05, 3.63) is 94.0 Å². The number of anilines is 1. The van der Waals surface area contributed by atoms with Crippen molar-refractivity contribution in [2.45, 2.75) is 51.1 Å². The van der Waals surface area contributed by atoms with Gasteiger partial charge in [-0.25, -0.2) is 8.42 Å². The maximum atomic E-state index is 13.9. The van der Waals surface area contributed by atoms with Crippen LogP contribution in [0.15, 0.2) is 77.7 Å². The van der Waals surface area contributed by atoms with Crippen LogP contribution in [-0.2, 0) is 26.2 Å². The number of nitrogens with one attached hydrogen (secondary N) is 1. The summed E-state index contributed by atoms with van der Waals surface area (Å²) in [5, 5.41) is 3.63. The van der Waals surface area contributed by atoms with Crippen LogP contribution in [0.5, 0.6) is 0 Å². The molecule has 3 rings (SSSR count). The first-order valence-electron chi connectivity index (χ1n) is 12.7. The number of halogens is 2. The minimum Gasteiger partial charge on any atom is -0.354 e. The highest BCUT2D eigenvalue weighted by atomic mass is 35.5. The van der Waals surface area contributed by atoms with Crippen LogP contribution in [-0.4, -0.2) is 44.3 Å². The van der Waals surface area contributed by atoms with E-state index in [1.165, 1.54) is 17.0 Å². The Morgan fingerprint density at radius 1 is 0.974 bits per heavy atom. The van der Waals surface area contributed by atoms with Gasteiger partial charge in [-0.2, -0.15) is 0 Å². The number of benzene rings is 3. The van der Waals surface area contributed by atoms with Crippen molar-refractivity contribution in [2.75, 3.05) is 17.4 Å². The van der Waals surface area contributed by atoms with E-state index in [-0.39, 0.29) is 17.3 Å². The van der Waals surface area contributed by atoms with E-state index >= 15 is 0 Å². The molecule has 0 radical (unpaired) electrons. The Kier molecular flexibility index (Phi) is 10.8. The lowest BCUT2D eigenvalue weighted by Gasteiger charge is -2.32. The first kappa shape index (κ1) is 30.5. The minimum atomic E-state index is -4.10. The summed E-state index contributed by atoms with van der Waals surface area (Å²) in [6, 6.07) is 18.8. The summed E-state index contributed by atoms with van der Waals surface area (Å²) in [5.41, 5.74) is 1.86. The molecule has 1 atom stereocenters. The molecule has 0 aliphatic carbocycles. The summed E-state index contributed by atoms with van der Waals surface area (Å²) >= 11 is 12.5. The standard InChI is InChI=1S/C29H33Cl2N3O4S/c1-4-5-17-32-29(36)22(3)33(19-23-13-14-24(30)18-27(23)31)28(35)20-34(25-15-11-21(2)12-16-25)39(37,38)26-9-7-6-8-10-26/h6-16,18,22H,4-5,17,19-20H2,1-3H3,(H,32,36). The smallest absolute Gasteiger partial charge is 0.264 e. The van der Waals surface area contributed by atoms with E-state index in [2.05, 4.69) is 5.32 Å². The van der Waals surface area contributed by atoms with Gasteiger partial charge in [0.15, 0.2) is 0 Å². The van der Waals surface area contributed by atoms with Crippen LogP contribution in [0.3, 0.4) is 0 Å². The first-order valence-corrected chi connectivity index (χ1v) is 14.9. The zero-order valence-corrected chi connectivity index (χ0v) is 24.6. The van der Waals surface area contributed by atoms with Gasteiger partial charge in [0.1, 0.15) is 12.6 Å². The SMILES string of the molecule is CCCCNC(=O)C(C)N(Cc1ccc(Cl)cc1Cl)C(=O)CN(c1ccc(C)cc1)S(=O)(=O)c1ccccc1. The lowest BCUT2D eigenvalue weighted by molar-refractivity contribution is -0.139. The Balaban J connectivity index is 2.00. The van der Waals surface area contributed by atoms with Crippen LogP contribution >= 0.6 is 23.2 Å². The van der Waals surface area contributed by atoms with Gasteiger partial charge >= 0.3 is 0 Å². The van der Waals surface area contributed by atoms with Crippen LogP contribution in [0.1, 0.15) is 37.8 Å². The van der Waals surface area contributed by atoms with Gasteiger partial charge in [-0.15, -0.1) is 0 Å². The Labute approximate surface area is 240 Å². The average molecular weight is 591 g/mol. The minimum absolute atomic E-state index is 0.00960. The van der Waals surface area contributed by atoms with Gasteiger partial charge in [0.2, 0.25) is 11.8 Å². The summed E-state index contributed by atoms with van der Waals surface area (Å²) in [6.45, 7) is 5.47. The van der Waals surface area contributed by atoms with Gasteiger partial charge in [0.05, 0.1) is 10.6 Å². The van der Waals surface area contributed by atoms with Gasteiger partial charge in [0, 0.05) is 23.1 Å². The maximum Gasteiger partial charge on any atom is 0.264 e. The van der Waals surface area contributed by atoms with E-state index in [9.17, 15) is 18.0 Å². The molecular formula is C29H33Cl2N3O4S. The number of sulfonamides is 1. The van der Waals surface area contributed by atoms with Crippen molar-refractivity contribution in [1.29, 1.82) is 0 Å². The molecule has 208 valence electrons. The molecule has 3 aromatic rings. The molecular weight excluding hydrogens is 557 g/mol. The van der Waals surface area contributed by atoms with Crippen molar-refractivity contribution < 1.29 is 18.0 Å². The number of hydrogen-bond acceptors (Lipinski definition) is 4. The molecule has 3 aromatic carbocycles. The number of aryl methyl sites for hydroxylation is 1. The number of unbranched alkanes of at least 4 members (excludes halogenated alkanes) is 1. The molecule has 0 aliphatic heterocycles. The number of carbonyl (C=O) groups is 2. The number of rotatable bonds is 12. The molecule has 0 saturated heterocycles. The monoisotopic (exact) mass is 589 g/mol. The van der Waals surface area contributed by atoms with E-state index in [1.807, 2.05) is 13.8 Å². The van der Waals surface area contributed by atoms with Crippen molar-refractivity contribution in [3.63, 3.8) is 0 Å². The number of hydrogen-bond donors (Lipinski definition) is 1. The molecule has 0 aliphatic rings. The van der Waals surface area contributed by atoms with Crippen LogP contribution in [0.4, 0.5) is 5.69 Å². The summed E-state index contributed by atoms with van der Waals surface area (Å²) in [4.78, 5) is 28.3. The van der Waals surface area contributed by atoms with E-state index in [0.717, 1.165) is 22.7 Å². The van der Waals surface area contributed by atoms with Crippen LogP contribution in [0, 0.1) is 6.92 Å². The molecule has 0 bridgehead atoms. The van der Waals surface area contributed by atoms with Crippen LogP contribution < -0.4 is 9.62 Å². The highest BCUT2D eigenvalue weighted by Gasteiger charge is 2.32. The van der Waals surface area contributed by atoms with E-state index in [0.29, 0.717) is 27.8 Å². The summed E-state index contributed by atoms with van der Waals surface area (Å²) < 4.78 is 28.6. The number of carbonyl (C=O) groups excluding carboxylic acids is 2. The third kappa shape index (κ3) is 7.97. The molecule has 0 heterocycles. The molecule has 0 fully saturated rings. The maximum absolute atomic E-state index is 13.9. The van der Waals surface area contributed by atoms with Gasteiger partial charge in [0.25, 0.3) is 10.0 Å². The molecule has 10 heteroatoms. The zero-order chi connectivity index (χ0) is 28.6. The fourth-order valence-electron chi connectivity index (χ4n) is 3.91. The molecule has 39 heavy (non-hydrogen) atoms. The second-order valence-electron chi connectivity index (χ2n) is 9.24. The lowest BCUT2D eigenvalue weighted by atomic mass is 10.1. The van der Waals surface area contributed by atoms with Gasteiger partial charge in [-0.05, 0) is 62.2 Å². The molecule has 7 nitrogen and oxygen atoms in total. The molecule has 2 amide bonds. The van der Waals surface area contributed by atoms with Crippen LogP contribution in [0.2, 0.25) is 10.0 Å². The number of amides is 2. The van der Waals surface area contributed by atoms with Crippen molar-refractivity contribution in [1.82, 2.24) is 10.2 Å². The third-order valence-electron chi connectivity index (χ3n) is 6.28. The molecule has 1 unspecified atom stereocenters. The second-order valence-corrected chi connectivity index (χ2v) is 11.9. The highest BCUT2D eigenvalue weighted by molar-refractivity contribution is 7.92. The van der Waals surface area contributed by atoms with Crippen LogP contribution in [0.25, 0.3) is 0 Å². The Hall–Kier alpha value is -3.07. The predicted octanol–water partition coefficient (Wildman–Crippen LogP) is 5.83. The molecule has 1 N–H and O–H groups in total. The van der Waals surface area contributed by atoms with Gasteiger partial charge in [-0.1, -0.05) is 78.5 Å². The Morgan fingerprint density at radius 2 is 1.64 bits per heavy atom. The van der Waals surface area contributed by atoms with Gasteiger partial charge < -0.3 is 10.2 Å². The topological polar surface area (TPSA) is 86.8 Å². The van der Waals surface area contributed by atoms with E-state index < -0.39 is 28.5 Å². The fourth-order valence-corrected chi connectivity index (χ4v) is 5.82. The highest BCUT2D eigenvalue weighted by Crippen LogP contribution is 2.26. The average Bonchev–Trinajstić information content (AvgIpc) is 2.92. The first-order chi connectivity index (χ1) is 18.5. The van der Waals surface area contributed by atoms with Gasteiger partial charge in [-0.3, -0.25) is 13.9 Å². The van der Waals surface area contributed by atoms with E-state index in [1.54, 1.807) is 67.6 Å². The van der Waals surface area contributed by atoms with Crippen molar-refractivity contribution in [3.8, 4) is 0 Å². The largest absolute Gasteiger partial charge is 0.354 e. The van der Waals surface area contributed by atoms with Crippen molar-refractivity contribution >= 4 is 50.7 Å². The normalized spacial score (nSPS) is 12.0. The fraction of sp³-hybridized carbons (Fsp3) is 0.310. The van der Waals surface area contributed by atoms with E-state index in [4.69, 9.17) is 23.2 Å². The molecule has 0 saturated carbocycles. The van der Waals surface area contributed by atoms with Crippen molar-refractivity contribution in [2.24, 2.45) is 0 Å². The Morgan fingerprint density at radius 3 is 2.26 bits per heavy atom. The summed E-state index contributed by atoms with van der Waals surface area (Å²) in [6.07, 6.45) is 1.70.